The standard InChI is InChI=1S/C23H27N5/c1-17-6-4-8-20(16-17)27-12-14-28(15-13-27)23-24-11-10-22(26-23)25-21-9-5-7-18(2)19(21)3/h4-11,16H,12-15H2,1-3H3,(H,24,25,26). The molecule has 4 rings (SSSR count). The van der Waals surface area contributed by atoms with E-state index in [9.17, 15) is 0 Å². The molecule has 1 aromatic heterocycles. The van der Waals surface area contributed by atoms with Gasteiger partial charge in [-0.1, -0.05) is 24.3 Å². The molecule has 0 bridgehead atoms. The van der Waals surface area contributed by atoms with Gasteiger partial charge in [0, 0.05) is 43.8 Å². The maximum absolute atomic E-state index is 4.76. The van der Waals surface area contributed by atoms with E-state index in [1.165, 1.54) is 22.4 Å². The highest BCUT2D eigenvalue weighted by molar-refractivity contribution is 5.62. The molecule has 1 N–H and O–H groups in total. The summed E-state index contributed by atoms with van der Waals surface area (Å²) in [5.74, 6) is 1.62. The normalized spacial score (nSPS) is 14.2. The molecular weight excluding hydrogens is 346 g/mol. The third-order valence-corrected chi connectivity index (χ3v) is 5.44. The maximum Gasteiger partial charge on any atom is 0.227 e. The number of piperazine rings is 1. The highest BCUT2D eigenvalue weighted by atomic mass is 15.3. The van der Waals surface area contributed by atoms with Gasteiger partial charge in [0.15, 0.2) is 0 Å². The number of aryl methyl sites for hydroxylation is 2. The van der Waals surface area contributed by atoms with Crippen LogP contribution in [0, 0.1) is 20.8 Å². The second-order valence-electron chi connectivity index (χ2n) is 7.43. The highest BCUT2D eigenvalue weighted by Crippen LogP contribution is 2.23. The summed E-state index contributed by atoms with van der Waals surface area (Å²) in [6, 6.07) is 16.9. The van der Waals surface area contributed by atoms with Gasteiger partial charge in [-0.05, 0) is 61.7 Å². The lowest BCUT2D eigenvalue weighted by Gasteiger charge is -2.36. The fourth-order valence-electron chi connectivity index (χ4n) is 3.58. The van der Waals surface area contributed by atoms with Gasteiger partial charge in [-0.15, -0.1) is 0 Å². The lowest BCUT2D eigenvalue weighted by molar-refractivity contribution is 0.640. The van der Waals surface area contributed by atoms with Crippen molar-refractivity contribution in [3.05, 3.63) is 71.4 Å². The second-order valence-corrected chi connectivity index (χ2v) is 7.43. The first kappa shape index (κ1) is 18.3. The number of benzene rings is 2. The van der Waals surface area contributed by atoms with Crippen molar-refractivity contribution in [1.82, 2.24) is 9.97 Å². The van der Waals surface area contributed by atoms with Crippen molar-refractivity contribution in [1.29, 1.82) is 0 Å². The molecule has 2 heterocycles. The molecule has 5 heteroatoms. The fraction of sp³-hybridized carbons (Fsp3) is 0.304. The summed E-state index contributed by atoms with van der Waals surface area (Å²) in [5, 5.41) is 3.45. The Balaban J connectivity index is 1.44. The highest BCUT2D eigenvalue weighted by Gasteiger charge is 2.19. The Morgan fingerprint density at radius 2 is 1.61 bits per heavy atom. The Kier molecular flexibility index (Phi) is 5.15. The molecule has 28 heavy (non-hydrogen) atoms. The zero-order chi connectivity index (χ0) is 19.5. The van der Waals surface area contributed by atoms with Gasteiger partial charge >= 0.3 is 0 Å². The number of nitrogens with one attached hydrogen (secondary N) is 1. The average Bonchev–Trinajstić information content (AvgIpc) is 2.72. The second kappa shape index (κ2) is 7.89. The molecule has 0 unspecified atom stereocenters. The van der Waals surface area contributed by atoms with Crippen molar-refractivity contribution in [3.63, 3.8) is 0 Å². The number of hydrogen-bond donors (Lipinski definition) is 1. The summed E-state index contributed by atoms with van der Waals surface area (Å²) in [7, 11) is 0. The van der Waals surface area contributed by atoms with E-state index in [-0.39, 0.29) is 0 Å². The first-order valence-corrected chi connectivity index (χ1v) is 9.83. The molecule has 1 fully saturated rings. The molecular formula is C23H27N5. The predicted molar refractivity (Wildman–Crippen MR) is 117 cm³/mol. The van der Waals surface area contributed by atoms with Crippen LogP contribution in [0.3, 0.4) is 0 Å². The Morgan fingerprint density at radius 3 is 2.39 bits per heavy atom. The van der Waals surface area contributed by atoms with E-state index in [4.69, 9.17) is 4.98 Å². The molecule has 0 saturated carbocycles. The number of aromatic nitrogens is 2. The van der Waals surface area contributed by atoms with E-state index >= 15 is 0 Å². The number of hydrogen-bond acceptors (Lipinski definition) is 5. The quantitative estimate of drug-likeness (QED) is 0.731. The molecule has 144 valence electrons. The van der Waals surface area contributed by atoms with Gasteiger partial charge in [-0.2, -0.15) is 4.98 Å². The van der Waals surface area contributed by atoms with Crippen molar-refractivity contribution in [2.24, 2.45) is 0 Å². The van der Waals surface area contributed by atoms with Crippen molar-refractivity contribution in [3.8, 4) is 0 Å². The van der Waals surface area contributed by atoms with E-state index in [0.29, 0.717) is 0 Å². The SMILES string of the molecule is Cc1cccc(N2CCN(c3nccc(Nc4cccc(C)c4C)n3)CC2)c1. The minimum Gasteiger partial charge on any atom is -0.368 e. The molecule has 0 amide bonds. The van der Waals surface area contributed by atoms with Crippen LogP contribution in [0.25, 0.3) is 0 Å². The topological polar surface area (TPSA) is 44.3 Å². The van der Waals surface area contributed by atoms with E-state index in [1.54, 1.807) is 0 Å². The first-order valence-electron chi connectivity index (χ1n) is 9.83. The predicted octanol–water partition coefficient (Wildman–Crippen LogP) is 4.47. The van der Waals surface area contributed by atoms with Crippen molar-refractivity contribution in [2.45, 2.75) is 20.8 Å². The third kappa shape index (κ3) is 3.93. The Labute approximate surface area is 167 Å². The lowest BCUT2D eigenvalue weighted by Crippen LogP contribution is -2.47. The summed E-state index contributed by atoms with van der Waals surface area (Å²) in [4.78, 5) is 14.0. The molecule has 1 aliphatic heterocycles. The molecule has 1 aliphatic rings. The van der Waals surface area contributed by atoms with Gasteiger partial charge in [-0.25, -0.2) is 4.98 Å². The molecule has 0 atom stereocenters. The Hall–Kier alpha value is -3.08. The first-order chi connectivity index (χ1) is 13.6. The number of nitrogens with zero attached hydrogens (tertiary/aromatic N) is 4. The van der Waals surface area contributed by atoms with Crippen LogP contribution in [-0.4, -0.2) is 36.1 Å². The summed E-state index contributed by atoms with van der Waals surface area (Å²) in [5.41, 5.74) is 6.20. The van der Waals surface area contributed by atoms with Crippen LogP contribution in [0.2, 0.25) is 0 Å². The van der Waals surface area contributed by atoms with Crippen LogP contribution in [0.15, 0.2) is 54.7 Å². The molecule has 0 radical (unpaired) electrons. The van der Waals surface area contributed by atoms with Gasteiger partial charge in [0.2, 0.25) is 5.95 Å². The van der Waals surface area contributed by atoms with Crippen LogP contribution in [0.4, 0.5) is 23.1 Å². The minimum atomic E-state index is 0.791. The van der Waals surface area contributed by atoms with Crippen molar-refractivity contribution < 1.29 is 0 Å². The molecule has 0 aliphatic carbocycles. The summed E-state index contributed by atoms with van der Waals surface area (Å²) in [6.45, 7) is 10.2. The largest absolute Gasteiger partial charge is 0.368 e. The van der Waals surface area contributed by atoms with Crippen LogP contribution in [-0.2, 0) is 0 Å². The average molecular weight is 374 g/mol. The monoisotopic (exact) mass is 373 g/mol. The smallest absolute Gasteiger partial charge is 0.227 e. The van der Waals surface area contributed by atoms with Crippen LogP contribution in [0.1, 0.15) is 16.7 Å². The zero-order valence-electron chi connectivity index (χ0n) is 16.8. The van der Waals surface area contributed by atoms with Crippen molar-refractivity contribution in [2.75, 3.05) is 41.3 Å². The fourth-order valence-corrected chi connectivity index (χ4v) is 3.58. The molecule has 5 nitrogen and oxygen atoms in total. The maximum atomic E-state index is 4.76. The van der Waals surface area contributed by atoms with Gasteiger partial charge in [-0.3, -0.25) is 0 Å². The third-order valence-electron chi connectivity index (χ3n) is 5.44. The molecule has 3 aromatic rings. The summed E-state index contributed by atoms with van der Waals surface area (Å²) >= 11 is 0. The van der Waals surface area contributed by atoms with E-state index in [2.05, 4.69) is 83.3 Å². The number of rotatable bonds is 4. The van der Waals surface area contributed by atoms with Crippen LogP contribution in [0.5, 0.6) is 0 Å². The van der Waals surface area contributed by atoms with Crippen LogP contribution < -0.4 is 15.1 Å². The number of anilines is 4. The van der Waals surface area contributed by atoms with Gasteiger partial charge in [0.05, 0.1) is 0 Å². The van der Waals surface area contributed by atoms with Gasteiger partial charge < -0.3 is 15.1 Å². The molecule has 0 spiro atoms. The molecule has 1 saturated heterocycles. The van der Waals surface area contributed by atoms with Gasteiger partial charge in [0.25, 0.3) is 0 Å². The van der Waals surface area contributed by atoms with E-state index < -0.39 is 0 Å². The van der Waals surface area contributed by atoms with E-state index in [0.717, 1.165) is 43.6 Å². The van der Waals surface area contributed by atoms with Crippen molar-refractivity contribution >= 4 is 23.1 Å². The van der Waals surface area contributed by atoms with E-state index in [1.807, 2.05) is 12.3 Å². The zero-order valence-corrected chi connectivity index (χ0v) is 16.8. The summed E-state index contributed by atoms with van der Waals surface area (Å²) in [6.07, 6.45) is 1.84. The lowest BCUT2D eigenvalue weighted by atomic mass is 10.1. The summed E-state index contributed by atoms with van der Waals surface area (Å²) < 4.78 is 0. The molecule has 2 aromatic carbocycles. The Morgan fingerprint density at radius 1 is 0.857 bits per heavy atom. The Bertz CT molecular complexity index is 961. The minimum absolute atomic E-state index is 0.791. The van der Waals surface area contributed by atoms with Crippen LogP contribution >= 0.6 is 0 Å². The van der Waals surface area contributed by atoms with Gasteiger partial charge in [0.1, 0.15) is 5.82 Å².